The summed E-state index contributed by atoms with van der Waals surface area (Å²) in [6, 6.07) is 0. The van der Waals surface area contributed by atoms with Crippen LogP contribution >= 0.6 is 0 Å². The van der Waals surface area contributed by atoms with Gasteiger partial charge in [-0.05, 0) is 0 Å². The van der Waals surface area contributed by atoms with Crippen molar-refractivity contribution in [2.75, 3.05) is 0 Å². The third kappa shape index (κ3) is 3.15. The molecule has 1 atom stereocenters. The van der Waals surface area contributed by atoms with E-state index in [0.717, 1.165) is 0 Å². The molecule has 4 heteroatoms. The molecule has 2 rings (SSSR count). The Bertz CT molecular complexity index is 334. The molecule has 96 valence electrons. The van der Waals surface area contributed by atoms with Gasteiger partial charge in [0.1, 0.15) is 0 Å². The monoisotopic (exact) mass is 328 g/mol. The molecule has 0 bridgehead atoms. The summed E-state index contributed by atoms with van der Waals surface area (Å²) in [5, 5.41) is 0. The van der Waals surface area contributed by atoms with Gasteiger partial charge in [0.25, 0.3) is 0 Å². The molecule has 0 nitrogen and oxygen atoms in total. The van der Waals surface area contributed by atoms with Crippen LogP contribution in [0.1, 0.15) is 52.9 Å². The minimum absolute atomic E-state index is 0. The summed E-state index contributed by atoms with van der Waals surface area (Å²) in [5.41, 5.74) is 6.76. The predicted molar refractivity (Wildman–Crippen MR) is 56.9 cm³/mol. The van der Waals surface area contributed by atoms with E-state index in [-0.39, 0.29) is 37.2 Å². The summed E-state index contributed by atoms with van der Waals surface area (Å²) in [4.78, 5) is 0. The molecule has 0 aromatic rings. The Kier molecular flexibility index (Phi) is 9.12. The summed E-state index contributed by atoms with van der Waals surface area (Å²) in [7, 11) is 0. The van der Waals surface area contributed by atoms with Gasteiger partial charge in [-0.25, -0.2) is 0 Å². The van der Waals surface area contributed by atoms with E-state index in [1.807, 2.05) is 0 Å². The van der Waals surface area contributed by atoms with Crippen molar-refractivity contribution in [2.45, 2.75) is 56.6 Å². The Morgan fingerprint density at radius 1 is 1.06 bits per heavy atom. The van der Waals surface area contributed by atoms with Crippen LogP contribution in [0.2, 0.25) is 3.72 Å². The zero-order chi connectivity index (χ0) is 10.3. The molecule has 0 spiro atoms. The SMILES string of the molecule is CC[C]1([Ti+3])C(C)=C(C)C2=C1CCCC2.[Cl-].[Cl-].[Cl-]. The first-order valence-electron chi connectivity index (χ1n) is 5.77. The second-order valence-corrected chi connectivity index (χ2v) is 6.01. The van der Waals surface area contributed by atoms with Crippen LogP contribution in [-0.2, 0) is 20.4 Å². The Morgan fingerprint density at radius 3 is 2.12 bits per heavy atom. The van der Waals surface area contributed by atoms with Crippen molar-refractivity contribution in [2.24, 2.45) is 0 Å². The molecule has 0 fully saturated rings. The van der Waals surface area contributed by atoms with Gasteiger partial charge in [-0.15, -0.1) is 0 Å². The van der Waals surface area contributed by atoms with E-state index in [0.29, 0.717) is 3.72 Å². The molecule has 2 aliphatic rings. The molecule has 17 heavy (non-hydrogen) atoms. The smallest absolute Gasteiger partial charge is 1.00 e. The first kappa shape index (κ1) is 20.4. The van der Waals surface area contributed by atoms with Gasteiger partial charge >= 0.3 is 99.3 Å². The van der Waals surface area contributed by atoms with Crippen molar-refractivity contribution in [3.05, 3.63) is 22.3 Å². The molecule has 2 aliphatic carbocycles. The maximum Gasteiger partial charge on any atom is -1.00 e. The van der Waals surface area contributed by atoms with E-state index in [4.69, 9.17) is 0 Å². The molecule has 0 N–H and O–H groups in total. The average Bonchev–Trinajstić information content (AvgIpc) is 2.43. The molecule has 0 saturated carbocycles. The third-order valence-electron chi connectivity index (χ3n) is 4.17. The number of rotatable bonds is 1. The van der Waals surface area contributed by atoms with Crippen molar-refractivity contribution in [1.29, 1.82) is 0 Å². The summed E-state index contributed by atoms with van der Waals surface area (Å²) < 4.78 is 0.417. The van der Waals surface area contributed by atoms with Gasteiger partial charge in [0, 0.05) is 0 Å². The number of allylic oxidation sites excluding steroid dienone is 4. The Hall–Kier alpha value is 1.06. The summed E-state index contributed by atoms with van der Waals surface area (Å²) >= 11 is 2.44. The molecular formula is C13H19Cl3Ti. The standard InChI is InChI=1S/C13H19.3ClH.Ti/c1-4-11-9(2)10(3)12-7-5-6-8-13(11)12;;;;/h4-8H2,1-3H3;3*1H;/q;;;;+3/p-3. The maximum absolute atomic E-state index is 2.44. The van der Waals surface area contributed by atoms with Crippen LogP contribution in [0.3, 0.4) is 0 Å². The first-order chi connectivity index (χ1) is 6.61. The summed E-state index contributed by atoms with van der Waals surface area (Å²) in [6.45, 7) is 7.01. The Balaban J connectivity index is 0. The van der Waals surface area contributed by atoms with Crippen LogP contribution < -0.4 is 37.2 Å². The number of halogens is 3. The van der Waals surface area contributed by atoms with Gasteiger partial charge in [0.2, 0.25) is 0 Å². The second kappa shape index (κ2) is 7.60. The van der Waals surface area contributed by atoms with Crippen molar-refractivity contribution < 1.29 is 57.7 Å². The molecule has 0 aromatic heterocycles. The fraction of sp³-hybridized carbons (Fsp3) is 0.692. The van der Waals surface area contributed by atoms with Gasteiger partial charge in [-0.3, -0.25) is 0 Å². The van der Waals surface area contributed by atoms with Crippen LogP contribution in [0.25, 0.3) is 0 Å². The average molecular weight is 330 g/mol. The van der Waals surface area contributed by atoms with E-state index in [1.54, 1.807) is 22.3 Å². The van der Waals surface area contributed by atoms with Crippen LogP contribution in [0.5, 0.6) is 0 Å². The van der Waals surface area contributed by atoms with Gasteiger partial charge in [0.15, 0.2) is 0 Å². The van der Waals surface area contributed by atoms with E-state index < -0.39 is 0 Å². The largest absolute Gasteiger partial charge is 1.00 e. The normalized spacial score (nSPS) is 26.9. The van der Waals surface area contributed by atoms with E-state index in [1.165, 1.54) is 32.1 Å². The quantitative estimate of drug-likeness (QED) is 0.425. The van der Waals surface area contributed by atoms with Crippen molar-refractivity contribution in [3.63, 3.8) is 0 Å². The van der Waals surface area contributed by atoms with E-state index in [2.05, 4.69) is 41.2 Å². The first-order valence-corrected chi connectivity index (χ1v) is 6.55. The molecule has 1 unspecified atom stereocenters. The zero-order valence-corrected chi connectivity index (χ0v) is 14.5. The fourth-order valence-corrected chi connectivity index (χ4v) is 3.77. The fourth-order valence-electron chi connectivity index (χ4n) is 3.04. The Labute approximate surface area is 136 Å². The predicted octanol–water partition coefficient (Wildman–Crippen LogP) is -4.67. The molecular weight excluding hydrogens is 310 g/mol. The van der Waals surface area contributed by atoms with Gasteiger partial charge in [-0.2, -0.15) is 0 Å². The topological polar surface area (TPSA) is 0 Å². The van der Waals surface area contributed by atoms with Crippen LogP contribution in [-0.4, -0.2) is 0 Å². The molecule has 0 amide bonds. The maximum atomic E-state index is 2.44. The second-order valence-electron chi connectivity index (χ2n) is 4.67. The van der Waals surface area contributed by atoms with Crippen molar-refractivity contribution in [3.8, 4) is 0 Å². The van der Waals surface area contributed by atoms with Crippen LogP contribution in [0.15, 0.2) is 22.3 Å². The third-order valence-corrected chi connectivity index (χ3v) is 5.78. The molecule has 0 saturated heterocycles. The molecule has 0 aromatic carbocycles. The Morgan fingerprint density at radius 2 is 1.59 bits per heavy atom. The zero-order valence-electron chi connectivity index (χ0n) is 10.7. The van der Waals surface area contributed by atoms with Crippen molar-refractivity contribution in [1.82, 2.24) is 0 Å². The van der Waals surface area contributed by atoms with Gasteiger partial charge in [-0.1, -0.05) is 0 Å². The number of hydrogen-bond donors (Lipinski definition) is 0. The molecule has 0 radical (unpaired) electrons. The summed E-state index contributed by atoms with van der Waals surface area (Å²) in [5.74, 6) is 0. The van der Waals surface area contributed by atoms with Crippen LogP contribution in [0, 0.1) is 0 Å². The summed E-state index contributed by atoms with van der Waals surface area (Å²) in [6.07, 6.45) is 6.79. The van der Waals surface area contributed by atoms with Gasteiger partial charge in [0.05, 0.1) is 0 Å². The van der Waals surface area contributed by atoms with Crippen LogP contribution in [0.4, 0.5) is 0 Å². The molecule has 0 aliphatic heterocycles. The number of hydrogen-bond acceptors (Lipinski definition) is 0. The van der Waals surface area contributed by atoms with Crippen molar-refractivity contribution >= 4 is 0 Å². The minimum atomic E-state index is 0. The minimum Gasteiger partial charge on any atom is -1.00 e. The van der Waals surface area contributed by atoms with E-state index >= 15 is 0 Å². The molecule has 0 heterocycles. The van der Waals surface area contributed by atoms with E-state index in [9.17, 15) is 0 Å². The van der Waals surface area contributed by atoms with Gasteiger partial charge < -0.3 is 37.2 Å².